The van der Waals surface area contributed by atoms with E-state index in [-0.39, 0.29) is 18.1 Å². The normalized spacial score (nSPS) is 27.7. The van der Waals surface area contributed by atoms with Gasteiger partial charge in [0.05, 0.1) is 6.54 Å². The zero-order chi connectivity index (χ0) is 15.9. The summed E-state index contributed by atoms with van der Waals surface area (Å²) >= 11 is 0. The number of benzene rings is 1. The van der Waals surface area contributed by atoms with Crippen molar-refractivity contribution in [2.24, 2.45) is 0 Å². The summed E-state index contributed by atoms with van der Waals surface area (Å²) in [7, 11) is 1.86. The second kappa shape index (κ2) is 5.69. The zero-order valence-electron chi connectivity index (χ0n) is 13.4. The summed E-state index contributed by atoms with van der Waals surface area (Å²) in [5.74, 6) is 1.73. The van der Waals surface area contributed by atoms with Gasteiger partial charge in [0, 0.05) is 26.7 Å². The van der Waals surface area contributed by atoms with Gasteiger partial charge >= 0.3 is 0 Å². The smallest absolute Gasteiger partial charge is 0.248 e. The number of carbonyl (C=O) groups excluding carboxylic acids is 1. The number of likely N-dealkylation sites (tertiary alicyclic amines) is 1. The largest absolute Gasteiger partial charge is 0.486 e. The lowest BCUT2D eigenvalue weighted by atomic mass is 10.0. The zero-order valence-corrected chi connectivity index (χ0v) is 13.4. The van der Waals surface area contributed by atoms with Gasteiger partial charge in [0.2, 0.25) is 5.91 Å². The molecule has 0 N–H and O–H groups in total. The van der Waals surface area contributed by atoms with Crippen molar-refractivity contribution in [1.29, 1.82) is 0 Å². The van der Waals surface area contributed by atoms with Gasteiger partial charge in [-0.3, -0.25) is 9.69 Å². The number of carbonyl (C=O) groups is 1. The fraction of sp³-hybridized carbons (Fsp3) is 0.588. The molecule has 2 fully saturated rings. The van der Waals surface area contributed by atoms with Crippen LogP contribution >= 0.6 is 0 Å². The number of morpholine rings is 1. The van der Waals surface area contributed by atoms with E-state index in [1.165, 1.54) is 5.56 Å². The van der Waals surface area contributed by atoms with Crippen LogP contribution in [0.15, 0.2) is 18.2 Å². The molecule has 1 spiro atoms. The molecule has 0 aliphatic carbocycles. The van der Waals surface area contributed by atoms with E-state index in [9.17, 15) is 4.79 Å². The van der Waals surface area contributed by atoms with Crippen LogP contribution in [-0.2, 0) is 16.1 Å². The summed E-state index contributed by atoms with van der Waals surface area (Å²) in [6.45, 7) is 4.81. The van der Waals surface area contributed by atoms with Gasteiger partial charge in [0.15, 0.2) is 11.5 Å². The number of hydrogen-bond acceptors (Lipinski definition) is 5. The lowest BCUT2D eigenvalue weighted by Crippen LogP contribution is -2.54. The molecular weight excluding hydrogens is 296 g/mol. The molecule has 0 aromatic heterocycles. The highest BCUT2D eigenvalue weighted by molar-refractivity contribution is 5.78. The number of fused-ring (bicyclic) bond motifs is 1. The molecule has 3 heterocycles. The summed E-state index contributed by atoms with van der Waals surface area (Å²) in [5, 5.41) is 0. The molecule has 2 saturated heterocycles. The topological polar surface area (TPSA) is 51.2 Å². The van der Waals surface area contributed by atoms with Crippen LogP contribution in [0.25, 0.3) is 0 Å². The summed E-state index contributed by atoms with van der Waals surface area (Å²) in [5.41, 5.74) is 1.02. The van der Waals surface area contributed by atoms with Gasteiger partial charge in [-0.1, -0.05) is 6.07 Å². The maximum atomic E-state index is 11.6. The first-order valence-corrected chi connectivity index (χ1v) is 8.12. The Kier molecular flexibility index (Phi) is 3.66. The third-order valence-corrected chi connectivity index (χ3v) is 4.86. The van der Waals surface area contributed by atoms with E-state index in [1.54, 1.807) is 4.90 Å². The quantitative estimate of drug-likeness (QED) is 0.811. The van der Waals surface area contributed by atoms with Gasteiger partial charge in [0.1, 0.15) is 25.4 Å². The summed E-state index contributed by atoms with van der Waals surface area (Å²) in [6.07, 6.45) is 0.967. The van der Waals surface area contributed by atoms with E-state index in [2.05, 4.69) is 17.0 Å². The van der Waals surface area contributed by atoms with Crippen molar-refractivity contribution < 1.29 is 19.0 Å². The summed E-state index contributed by atoms with van der Waals surface area (Å²) in [4.78, 5) is 15.8. The van der Waals surface area contributed by atoms with E-state index in [4.69, 9.17) is 14.2 Å². The van der Waals surface area contributed by atoms with Crippen LogP contribution in [0.2, 0.25) is 0 Å². The van der Waals surface area contributed by atoms with E-state index in [1.807, 2.05) is 13.1 Å². The Morgan fingerprint density at radius 1 is 1.17 bits per heavy atom. The molecule has 23 heavy (non-hydrogen) atoms. The Hall–Kier alpha value is -1.79. The second-order valence-electron chi connectivity index (χ2n) is 6.66. The number of amides is 1. The lowest BCUT2D eigenvalue weighted by Gasteiger charge is -2.38. The first-order valence-electron chi connectivity index (χ1n) is 8.12. The van der Waals surface area contributed by atoms with Crippen molar-refractivity contribution in [3.8, 4) is 11.5 Å². The minimum absolute atomic E-state index is 0.0703. The van der Waals surface area contributed by atoms with Crippen molar-refractivity contribution in [2.45, 2.75) is 18.6 Å². The highest BCUT2D eigenvalue weighted by atomic mass is 16.6. The fourth-order valence-electron chi connectivity index (χ4n) is 3.64. The molecule has 1 aromatic carbocycles. The van der Waals surface area contributed by atoms with Crippen molar-refractivity contribution >= 4 is 5.91 Å². The standard InChI is InChI=1S/C17H22N2O4/c1-18-11-17(23-10-16(18)20)4-5-19(12-17)9-13-2-3-14-15(8-13)22-7-6-21-14/h2-3,8H,4-7,9-12H2,1H3. The van der Waals surface area contributed by atoms with Crippen molar-refractivity contribution in [1.82, 2.24) is 9.80 Å². The number of likely N-dealkylation sites (N-methyl/N-ethyl adjacent to an activating group) is 1. The molecule has 6 heteroatoms. The SMILES string of the molecule is CN1CC2(CCN(Cc3ccc4c(c3)OCCO4)C2)OCC1=O. The maximum Gasteiger partial charge on any atom is 0.248 e. The highest BCUT2D eigenvalue weighted by Crippen LogP contribution is 2.33. The fourth-order valence-corrected chi connectivity index (χ4v) is 3.64. The average molecular weight is 318 g/mol. The Balaban J connectivity index is 1.42. The van der Waals surface area contributed by atoms with Crippen LogP contribution in [0, 0.1) is 0 Å². The molecule has 0 bridgehead atoms. The van der Waals surface area contributed by atoms with Gasteiger partial charge in [0.25, 0.3) is 0 Å². The Morgan fingerprint density at radius 3 is 2.83 bits per heavy atom. The van der Waals surface area contributed by atoms with Gasteiger partial charge in [-0.15, -0.1) is 0 Å². The van der Waals surface area contributed by atoms with E-state index in [0.717, 1.165) is 37.6 Å². The molecule has 1 unspecified atom stereocenters. The van der Waals surface area contributed by atoms with Crippen LogP contribution in [-0.4, -0.2) is 67.8 Å². The molecule has 3 aliphatic rings. The first-order chi connectivity index (χ1) is 11.1. The van der Waals surface area contributed by atoms with Crippen molar-refractivity contribution in [3.05, 3.63) is 23.8 Å². The van der Waals surface area contributed by atoms with E-state index < -0.39 is 0 Å². The lowest BCUT2D eigenvalue weighted by molar-refractivity contribution is -0.159. The van der Waals surface area contributed by atoms with E-state index in [0.29, 0.717) is 19.8 Å². The molecule has 1 aromatic rings. The Morgan fingerprint density at radius 2 is 2.00 bits per heavy atom. The maximum absolute atomic E-state index is 11.6. The molecular formula is C17H22N2O4. The number of hydrogen-bond donors (Lipinski definition) is 0. The first kappa shape index (κ1) is 14.8. The van der Waals surface area contributed by atoms with E-state index >= 15 is 0 Å². The van der Waals surface area contributed by atoms with Gasteiger partial charge in [-0.25, -0.2) is 0 Å². The molecule has 124 valence electrons. The van der Waals surface area contributed by atoms with Crippen LogP contribution < -0.4 is 9.47 Å². The predicted molar refractivity (Wildman–Crippen MR) is 83.6 cm³/mol. The second-order valence-corrected chi connectivity index (χ2v) is 6.66. The minimum Gasteiger partial charge on any atom is -0.486 e. The summed E-state index contributed by atoms with van der Waals surface area (Å²) < 4.78 is 17.1. The van der Waals surface area contributed by atoms with Crippen LogP contribution in [0.5, 0.6) is 11.5 Å². The predicted octanol–water partition coefficient (Wildman–Crippen LogP) is 0.891. The van der Waals surface area contributed by atoms with Crippen molar-refractivity contribution in [3.63, 3.8) is 0 Å². The highest BCUT2D eigenvalue weighted by Gasteiger charge is 2.43. The van der Waals surface area contributed by atoms with Crippen LogP contribution in [0.1, 0.15) is 12.0 Å². The molecule has 4 rings (SSSR count). The molecule has 0 saturated carbocycles. The number of nitrogens with zero attached hydrogens (tertiary/aromatic N) is 2. The van der Waals surface area contributed by atoms with Crippen molar-refractivity contribution in [2.75, 3.05) is 46.5 Å². The molecule has 3 aliphatic heterocycles. The van der Waals surface area contributed by atoms with Gasteiger partial charge in [-0.05, 0) is 24.1 Å². The number of rotatable bonds is 2. The monoisotopic (exact) mass is 318 g/mol. The third-order valence-electron chi connectivity index (χ3n) is 4.86. The minimum atomic E-state index is -0.198. The van der Waals surface area contributed by atoms with Gasteiger partial charge in [-0.2, -0.15) is 0 Å². The average Bonchev–Trinajstić information content (AvgIpc) is 2.94. The molecule has 0 radical (unpaired) electrons. The van der Waals surface area contributed by atoms with Gasteiger partial charge < -0.3 is 19.1 Å². The molecule has 6 nitrogen and oxygen atoms in total. The van der Waals surface area contributed by atoms with Crippen LogP contribution in [0.4, 0.5) is 0 Å². The Labute approximate surface area is 135 Å². The summed E-state index contributed by atoms with van der Waals surface area (Å²) in [6, 6.07) is 6.14. The number of ether oxygens (including phenoxy) is 3. The third kappa shape index (κ3) is 2.88. The van der Waals surface area contributed by atoms with Crippen LogP contribution in [0.3, 0.4) is 0 Å². The molecule has 1 amide bonds. The molecule has 1 atom stereocenters. The Bertz CT molecular complexity index is 621.